The number of fused-ring (bicyclic) bond motifs is 1. The van der Waals surface area contributed by atoms with E-state index >= 15 is 0 Å². The highest BCUT2D eigenvalue weighted by molar-refractivity contribution is 5.65. The Morgan fingerprint density at radius 1 is 0.818 bits per heavy atom. The summed E-state index contributed by atoms with van der Waals surface area (Å²) in [5, 5.41) is 0. The largest absolute Gasteiger partial charge is 0.454 e. The molecule has 0 fully saturated rings. The van der Waals surface area contributed by atoms with E-state index in [1.807, 2.05) is 12.1 Å². The van der Waals surface area contributed by atoms with E-state index in [-0.39, 0.29) is 0 Å². The van der Waals surface area contributed by atoms with Gasteiger partial charge in [0.2, 0.25) is 6.79 Å². The lowest BCUT2D eigenvalue weighted by molar-refractivity contribution is 0.174. The average molecular weight is 291 g/mol. The van der Waals surface area contributed by atoms with Crippen LogP contribution in [-0.2, 0) is 0 Å². The molecule has 0 atom stereocenters. The molecule has 4 rings (SSSR count). The SMILES string of the molecule is Cc1ccc(-c2ccc(C)n2-c2ccc3c(c2)OCO3)cc1. The summed E-state index contributed by atoms with van der Waals surface area (Å²) in [6, 6.07) is 19.0. The molecule has 110 valence electrons. The molecule has 3 nitrogen and oxygen atoms in total. The molecule has 0 amide bonds. The molecule has 0 N–H and O–H groups in total. The third-order valence-electron chi connectivity index (χ3n) is 4.04. The van der Waals surface area contributed by atoms with E-state index in [2.05, 4.69) is 60.9 Å². The van der Waals surface area contributed by atoms with Gasteiger partial charge in [-0.05, 0) is 43.7 Å². The van der Waals surface area contributed by atoms with Crippen LogP contribution in [0, 0.1) is 13.8 Å². The summed E-state index contributed by atoms with van der Waals surface area (Å²) >= 11 is 0. The Bertz CT molecular complexity index is 831. The Hall–Kier alpha value is -2.68. The summed E-state index contributed by atoms with van der Waals surface area (Å²) in [5.41, 5.74) is 5.92. The quantitative estimate of drug-likeness (QED) is 0.694. The molecular formula is C19H17NO2. The van der Waals surface area contributed by atoms with Crippen LogP contribution in [0.15, 0.2) is 54.6 Å². The second-order valence-electron chi connectivity index (χ2n) is 5.60. The minimum atomic E-state index is 0.300. The monoisotopic (exact) mass is 291 g/mol. The van der Waals surface area contributed by atoms with Gasteiger partial charge >= 0.3 is 0 Å². The Morgan fingerprint density at radius 3 is 2.41 bits per heavy atom. The molecule has 0 saturated heterocycles. The van der Waals surface area contributed by atoms with Crippen molar-refractivity contribution in [3.05, 3.63) is 65.9 Å². The number of benzene rings is 2. The van der Waals surface area contributed by atoms with E-state index in [0.29, 0.717) is 6.79 Å². The third-order valence-corrected chi connectivity index (χ3v) is 4.04. The average Bonchev–Trinajstić information content (AvgIpc) is 3.13. The van der Waals surface area contributed by atoms with Crippen molar-refractivity contribution in [2.75, 3.05) is 6.79 Å². The summed E-state index contributed by atoms with van der Waals surface area (Å²) in [7, 11) is 0. The predicted octanol–water partition coefficient (Wildman–Crippen LogP) is 4.49. The van der Waals surface area contributed by atoms with Crippen LogP contribution in [0.5, 0.6) is 11.5 Å². The van der Waals surface area contributed by atoms with Crippen LogP contribution in [0.25, 0.3) is 16.9 Å². The maximum absolute atomic E-state index is 5.50. The standard InChI is InChI=1S/C19H17NO2/c1-13-3-6-15(7-4-13)17-9-5-14(2)20(17)16-8-10-18-19(11-16)22-12-21-18/h3-11H,12H2,1-2H3. The van der Waals surface area contributed by atoms with Gasteiger partial charge in [-0.1, -0.05) is 29.8 Å². The zero-order valence-electron chi connectivity index (χ0n) is 12.7. The molecule has 0 spiro atoms. The number of ether oxygens (including phenoxy) is 2. The summed E-state index contributed by atoms with van der Waals surface area (Å²) in [5.74, 6) is 1.62. The molecule has 2 aromatic carbocycles. The van der Waals surface area contributed by atoms with Crippen LogP contribution in [-0.4, -0.2) is 11.4 Å². The lowest BCUT2D eigenvalue weighted by Gasteiger charge is -2.13. The van der Waals surface area contributed by atoms with Crippen molar-refractivity contribution in [1.82, 2.24) is 4.57 Å². The van der Waals surface area contributed by atoms with Crippen molar-refractivity contribution in [3.8, 4) is 28.4 Å². The number of nitrogens with zero attached hydrogens (tertiary/aromatic N) is 1. The van der Waals surface area contributed by atoms with Crippen molar-refractivity contribution in [2.24, 2.45) is 0 Å². The molecule has 1 aliphatic heterocycles. The summed E-state index contributed by atoms with van der Waals surface area (Å²) in [4.78, 5) is 0. The molecule has 0 saturated carbocycles. The molecule has 2 heterocycles. The first-order chi connectivity index (χ1) is 10.7. The Kier molecular flexibility index (Phi) is 2.93. The van der Waals surface area contributed by atoms with Gasteiger partial charge in [-0.3, -0.25) is 0 Å². The number of aryl methyl sites for hydroxylation is 2. The van der Waals surface area contributed by atoms with Gasteiger partial charge in [-0.15, -0.1) is 0 Å². The minimum Gasteiger partial charge on any atom is -0.454 e. The highest BCUT2D eigenvalue weighted by Crippen LogP contribution is 2.35. The molecular weight excluding hydrogens is 274 g/mol. The van der Waals surface area contributed by atoms with Gasteiger partial charge in [0.25, 0.3) is 0 Å². The maximum Gasteiger partial charge on any atom is 0.231 e. The van der Waals surface area contributed by atoms with Gasteiger partial charge in [0.05, 0.1) is 5.69 Å². The Labute approximate surface area is 129 Å². The molecule has 0 unspecified atom stereocenters. The second-order valence-corrected chi connectivity index (χ2v) is 5.60. The molecule has 1 aromatic heterocycles. The van der Waals surface area contributed by atoms with Crippen molar-refractivity contribution in [2.45, 2.75) is 13.8 Å². The van der Waals surface area contributed by atoms with Gasteiger partial charge in [0.1, 0.15) is 0 Å². The predicted molar refractivity (Wildman–Crippen MR) is 86.8 cm³/mol. The van der Waals surface area contributed by atoms with Crippen molar-refractivity contribution < 1.29 is 9.47 Å². The molecule has 22 heavy (non-hydrogen) atoms. The summed E-state index contributed by atoms with van der Waals surface area (Å²) in [6.07, 6.45) is 0. The zero-order valence-corrected chi connectivity index (χ0v) is 12.7. The number of hydrogen-bond donors (Lipinski definition) is 0. The van der Waals surface area contributed by atoms with E-state index in [4.69, 9.17) is 9.47 Å². The number of hydrogen-bond acceptors (Lipinski definition) is 2. The van der Waals surface area contributed by atoms with Crippen LogP contribution >= 0.6 is 0 Å². The number of rotatable bonds is 2. The summed E-state index contributed by atoms with van der Waals surface area (Å²) < 4.78 is 13.1. The fourth-order valence-corrected chi connectivity index (χ4v) is 2.86. The van der Waals surface area contributed by atoms with Gasteiger partial charge < -0.3 is 14.0 Å². The van der Waals surface area contributed by atoms with Crippen LogP contribution < -0.4 is 9.47 Å². The van der Waals surface area contributed by atoms with Crippen LogP contribution in [0.4, 0.5) is 0 Å². The van der Waals surface area contributed by atoms with Crippen LogP contribution in [0.1, 0.15) is 11.3 Å². The lowest BCUT2D eigenvalue weighted by atomic mass is 10.1. The van der Waals surface area contributed by atoms with Gasteiger partial charge in [-0.25, -0.2) is 0 Å². The topological polar surface area (TPSA) is 23.4 Å². The molecule has 0 radical (unpaired) electrons. The normalized spacial score (nSPS) is 12.6. The van der Waals surface area contributed by atoms with Gasteiger partial charge in [-0.2, -0.15) is 0 Å². The highest BCUT2D eigenvalue weighted by Gasteiger charge is 2.16. The molecule has 1 aliphatic rings. The molecule has 3 heteroatoms. The molecule has 0 bridgehead atoms. The van der Waals surface area contributed by atoms with E-state index in [1.54, 1.807) is 0 Å². The van der Waals surface area contributed by atoms with Gasteiger partial charge in [0.15, 0.2) is 11.5 Å². The van der Waals surface area contributed by atoms with Crippen LogP contribution in [0.2, 0.25) is 0 Å². The van der Waals surface area contributed by atoms with E-state index in [0.717, 1.165) is 17.2 Å². The highest BCUT2D eigenvalue weighted by atomic mass is 16.7. The third kappa shape index (κ3) is 2.06. The van der Waals surface area contributed by atoms with E-state index < -0.39 is 0 Å². The fraction of sp³-hybridized carbons (Fsp3) is 0.158. The van der Waals surface area contributed by atoms with Crippen molar-refractivity contribution in [1.29, 1.82) is 0 Å². The second kappa shape index (κ2) is 4.95. The van der Waals surface area contributed by atoms with Crippen molar-refractivity contribution >= 4 is 0 Å². The van der Waals surface area contributed by atoms with E-state index in [1.165, 1.54) is 22.5 Å². The van der Waals surface area contributed by atoms with Crippen LogP contribution in [0.3, 0.4) is 0 Å². The number of aromatic nitrogens is 1. The van der Waals surface area contributed by atoms with Gasteiger partial charge in [0, 0.05) is 17.4 Å². The fourth-order valence-electron chi connectivity index (χ4n) is 2.86. The smallest absolute Gasteiger partial charge is 0.231 e. The summed E-state index contributed by atoms with van der Waals surface area (Å²) in [6.45, 7) is 4.52. The van der Waals surface area contributed by atoms with E-state index in [9.17, 15) is 0 Å². The maximum atomic E-state index is 5.50. The Morgan fingerprint density at radius 2 is 1.59 bits per heavy atom. The minimum absolute atomic E-state index is 0.300. The molecule has 3 aromatic rings. The lowest BCUT2D eigenvalue weighted by Crippen LogP contribution is -1.99. The van der Waals surface area contributed by atoms with Crippen molar-refractivity contribution in [3.63, 3.8) is 0 Å². The first kappa shape index (κ1) is 13.0. The zero-order chi connectivity index (χ0) is 15.1. The first-order valence-corrected chi connectivity index (χ1v) is 7.38. The Balaban J connectivity index is 1.85. The molecule has 0 aliphatic carbocycles. The first-order valence-electron chi connectivity index (χ1n) is 7.38.